The van der Waals surface area contributed by atoms with Gasteiger partial charge >= 0.3 is 0 Å². The molecule has 1 aliphatic heterocycles. The van der Waals surface area contributed by atoms with Gasteiger partial charge in [-0.15, -0.1) is 0 Å². The zero-order valence-electron chi connectivity index (χ0n) is 23.5. The van der Waals surface area contributed by atoms with E-state index in [0.29, 0.717) is 35.4 Å². The Bertz CT molecular complexity index is 1500. The number of aliphatic hydroxyl groups is 1. The van der Waals surface area contributed by atoms with Gasteiger partial charge in [0.1, 0.15) is 11.9 Å². The maximum absolute atomic E-state index is 13.7. The van der Waals surface area contributed by atoms with Gasteiger partial charge in [-0.1, -0.05) is 53.9 Å². The number of carbonyl (C=O) groups is 1. The van der Waals surface area contributed by atoms with Crippen LogP contribution in [0.25, 0.3) is 0 Å². The predicted molar refractivity (Wildman–Crippen MR) is 162 cm³/mol. The topological polar surface area (TPSA) is 99.2 Å². The van der Waals surface area contributed by atoms with E-state index >= 15 is 0 Å². The second-order valence-corrected chi connectivity index (χ2v) is 13.2. The SMILES string of the molecule is Cc1ccc(S(=O)(=O)Nc2ccc3c(c2)C(=O)N([C@@H](C)CO)C[C@H](C)[C@H](CN(C)Cc2ccc(Cl)c(Cl)c2)O3)cc1. The van der Waals surface area contributed by atoms with Gasteiger partial charge in [0.25, 0.3) is 15.9 Å². The summed E-state index contributed by atoms with van der Waals surface area (Å²) in [6.07, 6.45) is -0.307. The number of benzene rings is 3. The Morgan fingerprint density at radius 1 is 1.10 bits per heavy atom. The number of hydrogen-bond donors (Lipinski definition) is 2. The van der Waals surface area contributed by atoms with Gasteiger partial charge in [-0.3, -0.25) is 14.4 Å². The van der Waals surface area contributed by atoms with Crippen LogP contribution in [0.4, 0.5) is 5.69 Å². The fourth-order valence-corrected chi connectivity index (χ4v) is 6.13. The number of aliphatic hydroxyl groups excluding tert-OH is 1. The molecule has 1 amide bonds. The summed E-state index contributed by atoms with van der Waals surface area (Å²) in [5.41, 5.74) is 2.40. The van der Waals surface area contributed by atoms with Crippen LogP contribution in [0.15, 0.2) is 65.6 Å². The second-order valence-electron chi connectivity index (χ2n) is 10.7. The summed E-state index contributed by atoms with van der Waals surface area (Å²) < 4.78 is 35.1. The van der Waals surface area contributed by atoms with Crippen molar-refractivity contribution in [2.75, 3.05) is 31.5 Å². The Labute approximate surface area is 251 Å². The molecule has 2 N–H and O–H groups in total. The van der Waals surface area contributed by atoms with Gasteiger partial charge in [-0.2, -0.15) is 0 Å². The number of ether oxygens (including phenoxy) is 1. The molecule has 3 aromatic rings. The lowest BCUT2D eigenvalue weighted by Crippen LogP contribution is -2.49. The molecule has 0 bridgehead atoms. The van der Waals surface area contributed by atoms with Crippen LogP contribution in [-0.4, -0.2) is 68.1 Å². The molecule has 220 valence electrons. The number of sulfonamides is 1. The standard InChI is InChI=1S/C30H35Cl2N3O5S/c1-19-5-9-24(10-6-19)41(38,39)33-23-8-12-28-25(14-23)30(37)35(21(3)18-36)15-20(2)29(40-28)17-34(4)16-22-7-11-26(31)27(32)13-22/h5-14,20-21,29,33,36H,15-18H2,1-4H3/t20-,21-,29-/m0/s1. The van der Waals surface area contributed by atoms with Crippen molar-refractivity contribution in [1.29, 1.82) is 0 Å². The van der Waals surface area contributed by atoms with Gasteiger partial charge < -0.3 is 14.7 Å². The number of nitrogens with one attached hydrogen (secondary N) is 1. The number of likely N-dealkylation sites (N-methyl/N-ethyl adjacent to an activating group) is 1. The van der Waals surface area contributed by atoms with Crippen molar-refractivity contribution < 1.29 is 23.1 Å². The van der Waals surface area contributed by atoms with Crippen LogP contribution in [0.2, 0.25) is 10.0 Å². The molecule has 0 aromatic heterocycles. The lowest BCUT2D eigenvalue weighted by molar-refractivity contribution is 0.0341. The zero-order valence-corrected chi connectivity index (χ0v) is 25.8. The third kappa shape index (κ3) is 7.53. The highest BCUT2D eigenvalue weighted by Crippen LogP contribution is 2.32. The third-order valence-corrected chi connectivity index (χ3v) is 9.31. The minimum absolute atomic E-state index is 0.0722. The summed E-state index contributed by atoms with van der Waals surface area (Å²) >= 11 is 12.3. The van der Waals surface area contributed by atoms with Crippen LogP contribution in [0.3, 0.4) is 0 Å². The first-order chi connectivity index (χ1) is 19.4. The van der Waals surface area contributed by atoms with E-state index in [2.05, 4.69) is 9.62 Å². The van der Waals surface area contributed by atoms with E-state index in [1.165, 1.54) is 18.2 Å². The summed E-state index contributed by atoms with van der Waals surface area (Å²) in [7, 11) is -1.90. The molecular formula is C30H35Cl2N3O5S. The molecule has 4 rings (SSSR count). The Balaban J connectivity index is 1.62. The highest BCUT2D eigenvalue weighted by atomic mass is 35.5. The number of hydrogen-bond acceptors (Lipinski definition) is 6. The van der Waals surface area contributed by atoms with Crippen molar-refractivity contribution in [3.63, 3.8) is 0 Å². The maximum atomic E-state index is 13.7. The average molecular weight is 621 g/mol. The molecular weight excluding hydrogens is 585 g/mol. The zero-order chi connectivity index (χ0) is 29.9. The fourth-order valence-electron chi connectivity index (χ4n) is 4.76. The quantitative estimate of drug-likeness (QED) is 0.330. The predicted octanol–water partition coefficient (Wildman–Crippen LogP) is 5.45. The monoisotopic (exact) mass is 619 g/mol. The van der Waals surface area contributed by atoms with Crippen LogP contribution < -0.4 is 9.46 Å². The van der Waals surface area contributed by atoms with Crippen LogP contribution in [-0.2, 0) is 16.6 Å². The van der Waals surface area contributed by atoms with E-state index in [4.69, 9.17) is 27.9 Å². The summed E-state index contributed by atoms with van der Waals surface area (Å²) in [5, 5.41) is 10.9. The Morgan fingerprint density at radius 3 is 2.46 bits per heavy atom. The molecule has 0 fully saturated rings. The lowest BCUT2D eigenvalue weighted by Gasteiger charge is -2.38. The highest BCUT2D eigenvalue weighted by Gasteiger charge is 2.33. The maximum Gasteiger partial charge on any atom is 0.261 e. The smallest absolute Gasteiger partial charge is 0.261 e. The minimum Gasteiger partial charge on any atom is -0.488 e. The number of aryl methyl sites for hydroxylation is 1. The molecule has 3 atom stereocenters. The Kier molecular flexibility index (Phi) is 9.87. The van der Waals surface area contributed by atoms with Gasteiger partial charge in [-0.05, 0) is 68.9 Å². The van der Waals surface area contributed by atoms with Crippen molar-refractivity contribution in [1.82, 2.24) is 9.80 Å². The van der Waals surface area contributed by atoms with E-state index in [0.717, 1.165) is 11.1 Å². The van der Waals surface area contributed by atoms with Gasteiger partial charge in [0.15, 0.2) is 0 Å². The van der Waals surface area contributed by atoms with Crippen molar-refractivity contribution >= 4 is 44.8 Å². The normalized spacial score (nSPS) is 18.3. The van der Waals surface area contributed by atoms with Gasteiger partial charge in [0, 0.05) is 31.2 Å². The van der Waals surface area contributed by atoms with Gasteiger partial charge in [0.05, 0.1) is 33.2 Å². The first-order valence-electron chi connectivity index (χ1n) is 13.3. The summed E-state index contributed by atoms with van der Waals surface area (Å²) in [5.74, 6) is -0.0626. The summed E-state index contributed by atoms with van der Waals surface area (Å²) in [6, 6.07) is 16.3. The number of fused-ring (bicyclic) bond motifs is 1. The van der Waals surface area contributed by atoms with Gasteiger partial charge in [0.2, 0.25) is 0 Å². The first-order valence-corrected chi connectivity index (χ1v) is 15.6. The Morgan fingerprint density at radius 2 is 1.80 bits per heavy atom. The molecule has 0 saturated heterocycles. The Hall–Kier alpha value is -2.82. The van der Waals surface area contributed by atoms with Crippen LogP contribution in [0, 0.1) is 12.8 Å². The van der Waals surface area contributed by atoms with E-state index in [9.17, 15) is 18.3 Å². The molecule has 0 radical (unpaired) electrons. The van der Waals surface area contributed by atoms with Crippen molar-refractivity contribution in [3.8, 4) is 5.75 Å². The van der Waals surface area contributed by atoms with E-state index in [-0.39, 0.29) is 40.7 Å². The molecule has 0 aliphatic carbocycles. The summed E-state index contributed by atoms with van der Waals surface area (Å²) in [4.78, 5) is 17.6. The molecule has 11 heteroatoms. The molecule has 0 unspecified atom stereocenters. The molecule has 3 aromatic carbocycles. The molecule has 1 heterocycles. The molecule has 8 nitrogen and oxygen atoms in total. The second kappa shape index (κ2) is 13.0. The van der Waals surface area contributed by atoms with Crippen LogP contribution in [0.1, 0.15) is 35.3 Å². The molecule has 41 heavy (non-hydrogen) atoms. The number of halogens is 2. The van der Waals surface area contributed by atoms with Crippen molar-refractivity contribution in [2.24, 2.45) is 5.92 Å². The number of nitrogens with zero attached hydrogens (tertiary/aromatic N) is 2. The highest BCUT2D eigenvalue weighted by molar-refractivity contribution is 7.92. The largest absolute Gasteiger partial charge is 0.488 e. The van der Waals surface area contributed by atoms with Crippen LogP contribution >= 0.6 is 23.2 Å². The third-order valence-electron chi connectivity index (χ3n) is 7.18. The van der Waals surface area contributed by atoms with E-state index < -0.39 is 16.1 Å². The summed E-state index contributed by atoms with van der Waals surface area (Å²) in [6.45, 7) is 6.95. The first kappa shape index (κ1) is 31.1. The number of rotatable bonds is 9. The number of carbonyl (C=O) groups excluding carboxylic acids is 1. The lowest BCUT2D eigenvalue weighted by atomic mass is 9.99. The average Bonchev–Trinajstić information content (AvgIpc) is 2.92. The van der Waals surface area contributed by atoms with Crippen molar-refractivity contribution in [2.45, 2.75) is 44.4 Å². The fraction of sp³-hybridized carbons (Fsp3) is 0.367. The van der Waals surface area contributed by atoms with Crippen LogP contribution in [0.5, 0.6) is 5.75 Å². The minimum atomic E-state index is -3.88. The van der Waals surface area contributed by atoms with E-state index in [1.807, 2.05) is 33.0 Å². The van der Waals surface area contributed by atoms with Gasteiger partial charge in [-0.25, -0.2) is 8.42 Å². The number of anilines is 1. The number of amides is 1. The van der Waals surface area contributed by atoms with E-state index in [1.54, 1.807) is 42.2 Å². The molecule has 1 aliphatic rings. The molecule has 0 spiro atoms. The molecule has 0 saturated carbocycles. The van der Waals surface area contributed by atoms with Crippen molar-refractivity contribution in [3.05, 3.63) is 87.4 Å².